The Morgan fingerprint density at radius 2 is 1.63 bits per heavy atom. The van der Waals surface area contributed by atoms with Crippen LogP contribution in [0.5, 0.6) is 0 Å². The number of hydrogen-bond donors (Lipinski definition) is 3. The molecule has 27 heavy (non-hydrogen) atoms. The number of nitrogens with one attached hydrogen (secondary N) is 3. The van der Waals surface area contributed by atoms with Gasteiger partial charge in [-0.15, -0.1) is 0 Å². The largest absolute Gasteiger partial charge is 0.326 e. The van der Waals surface area contributed by atoms with Crippen molar-refractivity contribution < 1.29 is 14.4 Å². The van der Waals surface area contributed by atoms with Crippen molar-refractivity contribution in [1.82, 2.24) is 10.9 Å². The Morgan fingerprint density at radius 3 is 2.26 bits per heavy atom. The predicted molar refractivity (Wildman–Crippen MR) is 106 cm³/mol. The first-order chi connectivity index (χ1) is 12.9. The van der Waals surface area contributed by atoms with Crippen LogP contribution in [0.15, 0.2) is 54.6 Å². The van der Waals surface area contributed by atoms with E-state index in [2.05, 4.69) is 16.2 Å². The number of hydrogen-bond acceptors (Lipinski definition) is 3. The summed E-state index contributed by atoms with van der Waals surface area (Å²) in [5, 5.41) is 3.26. The van der Waals surface area contributed by atoms with Crippen molar-refractivity contribution in [3.05, 3.63) is 70.8 Å². The number of carbonyl (C=O) groups is 3. The second-order valence-corrected chi connectivity index (χ2v) is 6.43. The van der Waals surface area contributed by atoms with Crippen LogP contribution in [0.25, 0.3) is 6.08 Å². The third-order valence-corrected chi connectivity index (χ3v) is 3.90. The number of rotatable bonds is 5. The van der Waals surface area contributed by atoms with E-state index < -0.39 is 11.8 Å². The number of anilines is 1. The van der Waals surface area contributed by atoms with Gasteiger partial charge in [0, 0.05) is 28.3 Å². The van der Waals surface area contributed by atoms with Crippen LogP contribution in [0, 0.1) is 5.92 Å². The van der Waals surface area contributed by atoms with Crippen molar-refractivity contribution in [2.45, 2.75) is 13.8 Å². The molecule has 0 unspecified atom stereocenters. The topological polar surface area (TPSA) is 87.3 Å². The molecule has 0 bridgehead atoms. The van der Waals surface area contributed by atoms with E-state index in [4.69, 9.17) is 11.6 Å². The monoisotopic (exact) mass is 385 g/mol. The van der Waals surface area contributed by atoms with Crippen molar-refractivity contribution in [1.29, 1.82) is 0 Å². The van der Waals surface area contributed by atoms with Gasteiger partial charge in [0.1, 0.15) is 0 Å². The van der Waals surface area contributed by atoms with E-state index >= 15 is 0 Å². The van der Waals surface area contributed by atoms with Gasteiger partial charge in [0.15, 0.2) is 0 Å². The van der Waals surface area contributed by atoms with Crippen LogP contribution in [0.4, 0.5) is 5.69 Å². The molecule has 0 aromatic heterocycles. The van der Waals surface area contributed by atoms with Gasteiger partial charge in [0.05, 0.1) is 0 Å². The molecule has 0 aliphatic rings. The Hall–Kier alpha value is -3.12. The normalized spacial score (nSPS) is 10.7. The SMILES string of the molecule is CC(C)C(=O)Nc1ccc(C(=O)NNC(=O)/C=C/c2ccccc2Cl)cc1. The molecule has 3 N–H and O–H groups in total. The van der Waals surface area contributed by atoms with Gasteiger partial charge in [-0.3, -0.25) is 25.2 Å². The van der Waals surface area contributed by atoms with Crippen molar-refractivity contribution >= 4 is 41.1 Å². The average Bonchev–Trinajstić information content (AvgIpc) is 2.66. The van der Waals surface area contributed by atoms with Gasteiger partial charge < -0.3 is 5.32 Å². The highest BCUT2D eigenvalue weighted by atomic mass is 35.5. The standard InChI is InChI=1S/C20H20ClN3O3/c1-13(2)19(26)22-16-10-7-15(8-11-16)20(27)24-23-18(25)12-9-14-5-3-4-6-17(14)21/h3-13H,1-2H3,(H,22,26)(H,23,25)(H,24,27)/b12-9+. The van der Waals surface area contributed by atoms with Crippen LogP contribution in [-0.4, -0.2) is 17.7 Å². The van der Waals surface area contributed by atoms with E-state index in [0.717, 1.165) is 0 Å². The number of benzene rings is 2. The third kappa shape index (κ3) is 6.27. The van der Waals surface area contributed by atoms with Crippen LogP contribution in [0.2, 0.25) is 5.02 Å². The zero-order chi connectivity index (χ0) is 19.8. The number of halogens is 1. The lowest BCUT2D eigenvalue weighted by molar-refractivity contribution is -0.119. The lowest BCUT2D eigenvalue weighted by Gasteiger charge is -2.09. The third-order valence-electron chi connectivity index (χ3n) is 3.56. The molecule has 0 spiro atoms. The summed E-state index contributed by atoms with van der Waals surface area (Å²) in [5.41, 5.74) is 6.24. The Morgan fingerprint density at radius 1 is 0.963 bits per heavy atom. The molecule has 0 radical (unpaired) electrons. The number of amides is 3. The van der Waals surface area contributed by atoms with Crippen LogP contribution >= 0.6 is 11.6 Å². The number of carbonyl (C=O) groups excluding carboxylic acids is 3. The minimum Gasteiger partial charge on any atom is -0.326 e. The van der Waals surface area contributed by atoms with Gasteiger partial charge in [-0.2, -0.15) is 0 Å². The molecule has 0 aliphatic carbocycles. The summed E-state index contributed by atoms with van der Waals surface area (Å²) >= 11 is 6.00. The minimum atomic E-state index is -0.496. The van der Waals surface area contributed by atoms with Gasteiger partial charge in [-0.05, 0) is 42.0 Å². The quantitative estimate of drug-likeness (QED) is 0.544. The Balaban J connectivity index is 1.87. The molecular formula is C20H20ClN3O3. The molecule has 3 amide bonds. The van der Waals surface area contributed by atoms with E-state index in [1.165, 1.54) is 6.08 Å². The fourth-order valence-corrected chi connectivity index (χ4v) is 2.20. The highest BCUT2D eigenvalue weighted by Crippen LogP contribution is 2.16. The molecule has 140 valence electrons. The highest BCUT2D eigenvalue weighted by molar-refractivity contribution is 6.32. The highest BCUT2D eigenvalue weighted by Gasteiger charge is 2.09. The summed E-state index contributed by atoms with van der Waals surface area (Å²) < 4.78 is 0. The van der Waals surface area contributed by atoms with Gasteiger partial charge in [-0.1, -0.05) is 43.6 Å². The minimum absolute atomic E-state index is 0.107. The zero-order valence-electron chi connectivity index (χ0n) is 15.0. The Bertz CT molecular complexity index is 861. The molecule has 0 fully saturated rings. The molecule has 0 atom stereocenters. The van der Waals surface area contributed by atoms with Crippen LogP contribution < -0.4 is 16.2 Å². The van der Waals surface area contributed by atoms with E-state index in [-0.39, 0.29) is 11.8 Å². The van der Waals surface area contributed by atoms with E-state index in [1.807, 2.05) is 0 Å². The van der Waals surface area contributed by atoms with Gasteiger partial charge >= 0.3 is 0 Å². The molecule has 2 aromatic rings. The molecule has 0 saturated carbocycles. The summed E-state index contributed by atoms with van der Waals surface area (Å²) in [7, 11) is 0. The maximum absolute atomic E-state index is 12.1. The smallest absolute Gasteiger partial charge is 0.269 e. The maximum atomic E-state index is 12.1. The van der Waals surface area contributed by atoms with Crippen LogP contribution in [-0.2, 0) is 9.59 Å². The Labute approximate surface area is 162 Å². The van der Waals surface area contributed by atoms with E-state index in [1.54, 1.807) is 68.5 Å². The fourth-order valence-electron chi connectivity index (χ4n) is 2.00. The first kappa shape index (κ1) is 20.2. The summed E-state index contributed by atoms with van der Waals surface area (Å²) in [4.78, 5) is 35.5. The fraction of sp³-hybridized carbons (Fsp3) is 0.150. The lowest BCUT2D eigenvalue weighted by Crippen LogP contribution is -2.40. The molecule has 7 heteroatoms. The second kappa shape index (κ2) is 9.54. The maximum Gasteiger partial charge on any atom is 0.269 e. The summed E-state index contributed by atoms with van der Waals surface area (Å²) in [6.07, 6.45) is 2.82. The van der Waals surface area contributed by atoms with Gasteiger partial charge in [0.25, 0.3) is 11.8 Å². The van der Waals surface area contributed by atoms with Gasteiger partial charge in [0.2, 0.25) is 5.91 Å². The zero-order valence-corrected chi connectivity index (χ0v) is 15.7. The predicted octanol–water partition coefficient (Wildman–Crippen LogP) is 3.41. The molecule has 0 saturated heterocycles. The van der Waals surface area contributed by atoms with Crippen LogP contribution in [0.1, 0.15) is 29.8 Å². The van der Waals surface area contributed by atoms with Gasteiger partial charge in [-0.25, -0.2) is 0 Å². The summed E-state index contributed by atoms with van der Waals surface area (Å²) in [6, 6.07) is 13.4. The molecule has 2 rings (SSSR count). The Kier molecular flexibility index (Phi) is 7.14. The molecule has 0 heterocycles. The van der Waals surface area contributed by atoms with E-state index in [0.29, 0.717) is 21.8 Å². The van der Waals surface area contributed by atoms with Crippen molar-refractivity contribution in [2.75, 3.05) is 5.32 Å². The van der Waals surface area contributed by atoms with Crippen molar-refractivity contribution in [3.63, 3.8) is 0 Å². The van der Waals surface area contributed by atoms with Crippen molar-refractivity contribution in [2.24, 2.45) is 5.92 Å². The summed E-state index contributed by atoms with van der Waals surface area (Å²) in [5.74, 6) is -1.22. The summed E-state index contributed by atoms with van der Waals surface area (Å²) in [6.45, 7) is 3.58. The van der Waals surface area contributed by atoms with E-state index in [9.17, 15) is 14.4 Å². The second-order valence-electron chi connectivity index (χ2n) is 6.02. The molecule has 0 aliphatic heterocycles. The molecule has 2 aromatic carbocycles. The lowest BCUT2D eigenvalue weighted by atomic mass is 10.1. The van der Waals surface area contributed by atoms with Crippen LogP contribution in [0.3, 0.4) is 0 Å². The number of hydrazine groups is 1. The average molecular weight is 386 g/mol. The van der Waals surface area contributed by atoms with Crippen molar-refractivity contribution in [3.8, 4) is 0 Å². The molecular weight excluding hydrogens is 366 g/mol. The first-order valence-corrected chi connectivity index (χ1v) is 8.68. The molecule has 6 nitrogen and oxygen atoms in total. The first-order valence-electron chi connectivity index (χ1n) is 8.30.